The van der Waals surface area contributed by atoms with Crippen LogP contribution in [0.25, 0.3) is 0 Å². The summed E-state index contributed by atoms with van der Waals surface area (Å²) >= 11 is 0. The van der Waals surface area contributed by atoms with Crippen LogP contribution in [0.5, 0.6) is 0 Å². The van der Waals surface area contributed by atoms with E-state index >= 15 is 0 Å². The van der Waals surface area contributed by atoms with Crippen LogP contribution in [0.4, 0.5) is 0 Å². The van der Waals surface area contributed by atoms with Gasteiger partial charge >= 0.3 is 0 Å². The van der Waals surface area contributed by atoms with E-state index in [1.807, 2.05) is 0 Å². The quantitative estimate of drug-likeness (QED) is 0.831. The minimum atomic E-state index is -0.187. The topological polar surface area (TPSA) is 32.3 Å². The summed E-state index contributed by atoms with van der Waals surface area (Å²) in [6.07, 6.45) is 9.45. The SMILES string of the molecule is CCC1NC2(CCCC2)C(=O)N1C1CCC(C)(C)C1. The number of rotatable bonds is 2. The Labute approximate surface area is 117 Å². The zero-order valence-electron chi connectivity index (χ0n) is 12.7. The molecular weight excluding hydrogens is 236 g/mol. The number of carbonyl (C=O) groups excluding carboxylic acids is 1. The fourth-order valence-electron chi connectivity index (χ4n) is 4.53. The minimum absolute atomic E-state index is 0.187. The molecule has 1 spiro atoms. The van der Waals surface area contributed by atoms with E-state index in [0.29, 0.717) is 17.4 Å². The van der Waals surface area contributed by atoms with Crippen LogP contribution in [0.2, 0.25) is 0 Å². The fourth-order valence-corrected chi connectivity index (χ4v) is 4.53. The third-order valence-corrected chi connectivity index (χ3v) is 5.60. The molecule has 3 aliphatic rings. The Morgan fingerprint density at radius 2 is 1.95 bits per heavy atom. The highest BCUT2D eigenvalue weighted by Crippen LogP contribution is 2.44. The first-order chi connectivity index (χ1) is 8.97. The molecule has 19 heavy (non-hydrogen) atoms. The molecule has 2 atom stereocenters. The lowest BCUT2D eigenvalue weighted by Gasteiger charge is -2.31. The van der Waals surface area contributed by atoms with Crippen LogP contribution in [0.1, 0.15) is 72.1 Å². The highest BCUT2D eigenvalue weighted by Gasteiger charge is 2.54. The van der Waals surface area contributed by atoms with Crippen molar-refractivity contribution in [1.29, 1.82) is 0 Å². The van der Waals surface area contributed by atoms with Crippen LogP contribution in [0.3, 0.4) is 0 Å². The molecule has 0 aromatic rings. The third-order valence-electron chi connectivity index (χ3n) is 5.60. The number of hydrogen-bond acceptors (Lipinski definition) is 2. The van der Waals surface area contributed by atoms with Gasteiger partial charge in [-0.15, -0.1) is 0 Å². The first kappa shape index (κ1) is 13.4. The van der Waals surface area contributed by atoms with Gasteiger partial charge in [0.15, 0.2) is 0 Å². The lowest BCUT2D eigenvalue weighted by atomic mass is 9.91. The van der Waals surface area contributed by atoms with E-state index in [2.05, 4.69) is 31.0 Å². The number of hydrogen-bond donors (Lipinski definition) is 1. The zero-order valence-corrected chi connectivity index (χ0v) is 12.7. The Balaban J connectivity index is 1.82. The molecule has 1 aliphatic heterocycles. The Morgan fingerprint density at radius 3 is 2.47 bits per heavy atom. The molecule has 3 rings (SSSR count). The summed E-state index contributed by atoms with van der Waals surface area (Å²) in [6, 6.07) is 0.472. The van der Waals surface area contributed by atoms with Crippen molar-refractivity contribution >= 4 is 5.91 Å². The second kappa shape index (κ2) is 4.47. The van der Waals surface area contributed by atoms with Crippen molar-refractivity contribution in [3.63, 3.8) is 0 Å². The monoisotopic (exact) mass is 264 g/mol. The van der Waals surface area contributed by atoms with Crippen molar-refractivity contribution in [2.45, 2.75) is 89.9 Å². The molecule has 3 heteroatoms. The second-order valence-corrected chi connectivity index (χ2v) is 7.63. The van der Waals surface area contributed by atoms with E-state index in [1.54, 1.807) is 0 Å². The van der Waals surface area contributed by atoms with E-state index < -0.39 is 0 Å². The summed E-state index contributed by atoms with van der Waals surface area (Å²) in [5.41, 5.74) is 0.224. The summed E-state index contributed by atoms with van der Waals surface area (Å²) in [5, 5.41) is 3.70. The Kier molecular flexibility index (Phi) is 3.16. The molecule has 0 radical (unpaired) electrons. The lowest BCUT2D eigenvalue weighted by molar-refractivity contribution is -0.135. The lowest BCUT2D eigenvalue weighted by Crippen LogP contribution is -2.45. The number of carbonyl (C=O) groups is 1. The van der Waals surface area contributed by atoms with Gasteiger partial charge in [-0.05, 0) is 43.9 Å². The first-order valence-corrected chi connectivity index (χ1v) is 8.08. The van der Waals surface area contributed by atoms with Crippen LogP contribution in [-0.2, 0) is 4.79 Å². The van der Waals surface area contributed by atoms with Gasteiger partial charge in [-0.2, -0.15) is 0 Å². The van der Waals surface area contributed by atoms with Crippen molar-refractivity contribution in [1.82, 2.24) is 10.2 Å². The summed E-state index contributed by atoms with van der Waals surface area (Å²) in [7, 11) is 0. The second-order valence-electron chi connectivity index (χ2n) is 7.63. The molecule has 108 valence electrons. The number of amides is 1. The molecule has 2 aliphatic carbocycles. The fraction of sp³-hybridized carbons (Fsp3) is 0.938. The van der Waals surface area contributed by atoms with Gasteiger partial charge in [0.25, 0.3) is 0 Å². The van der Waals surface area contributed by atoms with Gasteiger partial charge in [0.2, 0.25) is 5.91 Å². The van der Waals surface area contributed by atoms with E-state index in [0.717, 1.165) is 19.3 Å². The molecule has 2 saturated carbocycles. The molecule has 1 heterocycles. The summed E-state index contributed by atoms with van der Waals surface area (Å²) in [4.78, 5) is 15.2. The van der Waals surface area contributed by atoms with Crippen molar-refractivity contribution in [2.24, 2.45) is 5.41 Å². The predicted octanol–water partition coefficient (Wildman–Crippen LogP) is 3.05. The molecule has 3 fully saturated rings. The molecule has 0 aromatic heterocycles. The molecule has 0 aromatic carbocycles. The van der Waals surface area contributed by atoms with Gasteiger partial charge in [-0.3, -0.25) is 10.1 Å². The van der Waals surface area contributed by atoms with Gasteiger partial charge in [0.1, 0.15) is 0 Å². The number of nitrogens with zero attached hydrogens (tertiary/aromatic N) is 1. The normalized spacial score (nSPS) is 36.6. The highest BCUT2D eigenvalue weighted by atomic mass is 16.2. The molecule has 1 saturated heterocycles. The molecule has 2 unspecified atom stereocenters. The standard InChI is InChI=1S/C16H28N2O/c1-4-13-17-16(8-5-6-9-16)14(19)18(13)12-7-10-15(2,3)11-12/h12-13,17H,4-11H2,1-3H3. The Morgan fingerprint density at radius 1 is 1.26 bits per heavy atom. The smallest absolute Gasteiger partial charge is 0.244 e. The average molecular weight is 264 g/mol. The molecule has 3 nitrogen and oxygen atoms in total. The largest absolute Gasteiger partial charge is 0.323 e. The van der Waals surface area contributed by atoms with Crippen molar-refractivity contribution < 1.29 is 4.79 Å². The maximum absolute atomic E-state index is 13.0. The summed E-state index contributed by atoms with van der Waals surface area (Å²) in [5.74, 6) is 0.416. The van der Waals surface area contributed by atoms with Gasteiger partial charge < -0.3 is 4.90 Å². The maximum atomic E-state index is 13.0. The van der Waals surface area contributed by atoms with Gasteiger partial charge in [0, 0.05) is 6.04 Å². The first-order valence-electron chi connectivity index (χ1n) is 8.08. The average Bonchev–Trinajstić information content (AvgIpc) is 3.02. The van der Waals surface area contributed by atoms with E-state index in [9.17, 15) is 4.79 Å². The molecule has 0 bridgehead atoms. The van der Waals surface area contributed by atoms with E-state index in [4.69, 9.17) is 0 Å². The molecule has 1 N–H and O–H groups in total. The van der Waals surface area contributed by atoms with Gasteiger partial charge in [0.05, 0.1) is 11.7 Å². The maximum Gasteiger partial charge on any atom is 0.244 e. The van der Waals surface area contributed by atoms with E-state index in [1.165, 1.54) is 32.1 Å². The molecular formula is C16H28N2O. The van der Waals surface area contributed by atoms with Crippen LogP contribution < -0.4 is 5.32 Å². The van der Waals surface area contributed by atoms with Crippen molar-refractivity contribution in [3.05, 3.63) is 0 Å². The van der Waals surface area contributed by atoms with E-state index in [-0.39, 0.29) is 11.7 Å². The molecule has 1 amide bonds. The van der Waals surface area contributed by atoms with Crippen LogP contribution in [0, 0.1) is 5.41 Å². The Hall–Kier alpha value is -0.570. The van der Waals surface area contributed by atoms with Gasteiger partial charge in [-0.25, -0.2) is 0 Å². The third kappa shape index (κ3) is 2.10. The minimum Gasteiger partial charge on any atom is -0.323 e. The van der Waals surface area contributed by atoms with Crippen LogP contribution in [-0.4, -0.2) is 28.6 Å². The van der Waals surface area contributed by atoms with Crippen LogP contribution >= 0.6 is 0 Å². The van der Waals surface area contributed by atoms with Crippen LogP contribution in [0.15, 0.2) is 0 Å². The summed E-state index contributed by atoms with van der Waals surface area (Å²) in [6.45, 7) is 6.88. The zero-order chi connectivity index (χ0) is 13.7. The number of nitrogens with one attached hydrogen (secondary N) is 1. The predicted molar refractivity (Wildman–Crippen MR) is 76.7 cm³/mol. The highest BCUT2D eigenvalue weighted by molar-refractivity contribution is 5.89. The Bertz CT molecular complexity index is 371. The van der Waals surface area contributed by atoms with Crippen molar-refractivity contribution in [2.75, 3.05) is 0 Å². The van der Waals surface area contributed by atoms with Crippen molar-refractivity contribution in [3.8, 4) is 0 Å². The summed E-state index contributed by atoms with van der Waals surface area (Å²) < 4.78 is 0. The van der Waals surface area contributed by atoms with Gasteiger partial charge in [-0.1, -0.05) is 33.6 Å².